The molecule has 0 saturated carbocycles. The molecule has 2 N–H and O–H groups in total. The van der Waals surface area contributed by atoms with E-state index in [4.69, 9.17) is 9.15 Å². The van der Waals surface area contributed by atoms with Gasteiger partial charge in [0.2, 0.25) is 11.6 Å². The predicted octanol–water partition coefficient (Wildman–Crippen LogP) is 4.87. The van der Waals surface area contributed by atoms with E-state index in [-0.39, 0.29) is 17.6 Å². The number of H-pyrrole nitrogens is 1. The van der Waals surface area contributed by atoms with E-state index in [9.17, 15) is 22.4 Å². The lowest BCUT2D eigenvalue weighted by Crippen LogP contribution is -2.25. The van der Waals surface area contributed by atoms with Crippen LogP contribution in [0.2, 0.25) is 0 Å². The third-order valence-electron chi connectivity index (χ3n) is 4.67. The van der Waals surface area contributed by atoms with Gasteiger partial charge in [-0.2, -0.15) is 8.78 Å². The molecule has 0 radical (unpaired) electrons. The molecule has 0 bridgehead atoms. The average molecular weight is 432 g/mol. The van der Waals surface area contributed by atoms with Crippen molar-refractivity contribution < 1.29 is 31.5 Å². The van der Waals surface area contributed by atoms with Gasteiger partial charge < -0.3 is 19.5 Å². The second kappa shape index (κ2) is 8.55. The first kappa shape index (κ1) is 20.5. The van der Waals surface area contributed by atoms with Crippen LogP contribution in [0.4, 0.5) is 17.6 Å². The molecular formula is C22H16F4N2O3. The van der Waals surface area contributed by atoms with Crippen LogP contribution in [0.25, 0.3) is 10.9 Å². The summed E-state index contributed by atoms with van der Waals surface area (Å²) in [5.74, 6) is -8.14. The highest BCUT2D eigenvalue weighted by Crippen LogP contribution is 2.27. The number of para-hydroxylation sites is 1. The molecule has 4 aromatic rings. The molecule has 2 aromatic carbocycles. The van der Waals surface area contributed by atoms with Gasteiger partial charge in [0.1, 0.15) is 12.4 Å². The first-order valence-corrected chi connectivity index (χ1v) is 9.31. The standard InChI is InChI=1S/C22H16F4N2O3/c23-15-9-16(24)20(26)21(19(15)25)30-11-13-5-6-18(31-13)22(29)27-8-7-12-10-28-17-4-2-1-3-14(12)17/h1-6,9-10,28H,7-8,11H2,(H,27,29). The largest absolute Gasteiger partial charge is 0.479 e. The summed E-state index contributed by atoms with van der Waals surface area (Å²) < 4.78 is 63.8. The normalized spacial score (nSPS) is 11.1. The molecule has 1 amide bonds. The molecule has 160 valence electrons. The van der Waals surface area contributed by atoms with Crippen molar-refractivity contribution in [2.24, 2.45) is 0 Å². The molecule has 0 fully saturated rings. The minimum Gasteiger partial charge on any atom is -0.479 e. The van der Waals surface area contributed by atoms with Crippen LogP contribution in [0.15, 0.2) is 53.1 Å². The number of furan rings is 1. The van der Waals surface area contributed by atoms with Crippen LogP contribution < -0.4 is 10.1 Å². The zero-order valence-corrected chi connectivity index (χ0v) is 16.0. The Labute approximate surface area is 173 Å². The summed E-state index contributed by atoms with van der Waals surface area (Å²) in [7, 11) is 0. The Morgan fingerprint density at radius 2 is 1.77 bits per heavy atom. The van der Waals surface area contributed by atoms with Crippen LogP contribution in [0.1, 0.15) is 21.9 Å². The van der Waals surface area contributed by atoms with Crippen molar-refractivity contribution >= 4 is 16.8 Å². The number of carbonyl (C=O) groups is 1. The van der Waals surface area contributed by atoms with Crippen LogP contribution >= 0.6 is 0 Å². The molecule has 0 aliphatic heterocycles. The second-order valence-corrected chi connectivity index (χ2v) is 6.72. The van der Waals surface area contributed by atoms with Gasteiger partial charge in [0, 0.05) is 29.7 Å². The van der Waals surface area contributed by atoms with E-state index in [1.807, 2.05) is 30.5 Å². The minimum atomic E-state index is -1.65. The number of hydrogen-bond donors (Lipinski definition) is 2. The molecule has 5 nitrogen and oxygen atoms in total. The number of rotatable bonds is 7. The van der Waals surface area contributed by atoms with E-state index < -0.39 is 41.5 Å². The molecular weight excluding hydrogens is 416 g/mol. The predicted molar refractivity (Wildman–Crippen MR) is 104 cm³/mol. The summed E-state index contributed by atoms with van der Waals surface area (Å²) in [5.41, 5.74) is 2.06. The topological polar surface area (TPSA) is 67.3 Å². The van der Waals surface area contributed by atoms with Crippen LogP contribution in [-0.4, -0.2) is 17.4 Å². The summed E-state index contributed by atoms with van der Waals surface area (Å²) in [4.78, 5) is 15.4. The van der Waals surface area contributed by atoms with Gasteiger partial charge >= 0.3 is 0 Å². The summed E-state index contributed by atoms with van der Waals surface area (Å²) in [6, 6.07) is 10.6. The first-order chi connectivity index (χ1) is 14.9. The van der Waals surface area contributed by atoms with Gasteiger partial charge in [0.15, 0.2) is 23.1 Å². The van der Waals surface area contributed by atoms with Gasteiger partial charge in [-0.15, -0.1) is 0 Å². The molecule has 0 spiro atoms. The summed E-state index contributed by atoms with van der Waals surface area (Å²) in [6.07, 6.45) is 2.47. The molecule has 0 saturated heterocycles. The van der Waals surface area contributed by atoms with Crippen LogP contribution in [0, 0.1) is 23.3 Å². The van der Waals surface area contributed by atoms with Gasteiger partial charge in [-0.3, -0.25) is 4.79 Å². The molecule has 2 aromatic heterocycles. The molecule has 4 rings (SSSR count). The molecule has 2 heterocycles. The van der Waals surface area contributed by atoms with Crippen LogP contribution in [0.3, 0.4) is 0 Å². The van der Waals surface area contributed by atoms with Crippen molar-refractivity contribution in [2.75, 3.05) is 6.54 Å². The van der Waals surface area contributed by atoms with Crippen molar-refractivity contribution in [3.63, 3.8) is 0 Å². The number of ether oxygens (including phenoxy) is 1. The summed E-state index contributed by atoms with van der Waals surface area (Å²) >= 11 is 0. The number of benzene rings is 2. The highest BCUT2D eigenvalue weighted by atomic mass is 19.2. The maximum absolute atomic E-state index is 13.6. The number of aromatic nitrogens is 1. The lowest BCUT2D eigenvalue weighted by molar-refractivity contribution is 0.0922. The SMILES string of the molecule is O=C(NCCc1c[nH]c2ccccc12)c1ccc(COc2c(F)c(F)cc(F)c2F)o1. The number of carbonyl (C=O) groups excluding carboxylic acids is 1. The van der Waals surface area contributed by atoms with Gasteiger partial charge in [-0.1, -0.05) is 18.2 Å². The van der Waals surface area contributed by atoms with E-state index in [0.717, 1.165) is 16.5 Å². The first-order valence-electron chi connectivity index (χ1n) is 9.31. The number of amides is 1. The van der Waals surface area contributed by atoms with Gasteiger partial charge in [-0.25, -0.2) is 8.78 Å². The lowest BCUT2D eigenvalue weighted by Gasteiger charge is -2.08. The van der Waals surface area contributed by atoms with Gasteiger partial charge in [0.25, 0.3) is 5.91 Å². The number of nitrogens with one attached hydrogen (secondary N) is 2. The maximum atomic E-state index is 13.6. The molecule has 0 aliphatic carbocycles. The smallest absolute Gasteiger partial charge is 0.287 e. The van der Waals surface area contributed by atoms with E-state index >= 15 is 0 Å². The van der Waals surface area contributed by atoms with Gasteiger partial charge in [0.05, 0.1) is 0 Å². The van der Waals surface area contributed by atoms with Crippen LogP contribution in [0.5, 0.6) is 5.75 Å². The quantitative estimate of drug-likeness (QED) is 0.324. The molecule has 0 atom stereocenters. The third kappa shape index (κ3) is 4.25. The zero-order valence-electron chi connectivity index (χ0n) is 16.0. The fourth-order valence-electron chi connectivity index (χ4n) is 3.14. The number of aromatic amines is 1. The fraction of sp³-hybridized carbons (Fsp3) is 0.136. The van der Waals surface area contributed by atoms with E-state index in [1.54, 1.807) is 0 Å². The Kier molecular flexibility index (Phi) is 5.66. The van der Waals surface area contributed by atoms with E-state index in [2.05, 4.69) is 10.3 Å². The maximum Gasteiger partial charge on any atom is 0.287 e. The summed E-state index contributed by atoms with van der Waals surface area (Å²) in [5, 5.41) is 3.79. The molecule has 31 heavy (non-hydrogen) atoms. The Bertz CT molecular complexity index is 1220. The fourth-order valence-corrected chi connectivity index (χ4v) is 3.14. The molecule has 9 heteroatoms. The average Bonchev–Trinajstić information content (AvgIpc) is 3.40. The highest BCUT2D eigenvalue weighted by Gasteiger charge is 2.21. The van der Waals surface area contributed by atoms with Gasteiger partial charge in [-0.05, 0) is 30.2 Å². The Balaban J connectivity index is 1.34. The van der Waals surface area contributed by atoms with Crippen molar-refractivity contribution in [1.82, 2.24) is 10.3 Å². The number of fused-ring (bicyclic) bond motifs is 1. The van der Waals surface area contributed by atoms with Crippen LogP contribution in [-0.2, 0) is 13.0 Å². The lowest BCUT2D eigenvalue weighted by atomic mass is 10.1. The van der Waals surface area contributed by atoms with Crippen molar-refractivity contribution in [2.45, 2.75) is 13.0 Å². The second-order valence-electron chi connectivity index (χ2n) is 6.72. The van der Waals surface area contributed by atoms with E-state index in [1.165, 1.54) is 12.1 Å². The van der Waals surface area contributed by atoms with Crippen molar-refractivity contribution in [1.29, 1.82) is 0 Å². The number of halogens is 4. The Morgan fingerprint density at radius 3 is 2.55 bits per heavy atom. The van der Waals surface area contributed by atoms with Crippen molar-refractivity contribution in [3.05, 3.63) is 89.0 Å². The Hall–Kier alpha value is -3.75. The summed E-state index contributed by atoms with van der Waals surface area (Å²) in [6.45, 7) is -0.175. The molecule has 0 aliphatic rings. The van der Waals surface area contributed by atoms with E-state index in [0.29, 0.717) is 13.0 Å². The zero-order chi connectivity index (χ0) is 22.0. The Morgan fingerprint density at radius 1 is 1.03 bits per heavy atom. The minimum absolute atomic E-state index is 0.0381. The third-order valence-corrected chi connectivity index (χ3v) is 4.67. The monoisotopic (exact) mass is 432 g/mol. The van der Waals surface area contributed by atoms with Crippen molar-refractivity contribution in [3.8, 4) is 5.75 Å². The highest BCUT2D eigenvalue weighted by molar-refractivity contribution is 5.91. The molecule has 0 unspecified atom stereocenters. The number of hydrogen-bond acceptors (Lipinski definition) is 3.